The van der Waals surface area contributed by atoms with E-state index in [4.69, 9.17) is 24.0 Å². The van der Waals surface area contributed by atoms with Gasteiger partial charge in [-0.2, -0.15) is 6.42 Å². The van der Waals surface area contributed by atoms with E-state index in [1.807, 2.05) is 47.4 Å². The zero-order valence-electron chi connectivity index (χ0n) is 17.5. The molecule has 0 radical (unpaired) electrons. The molecule has 0 aromatic carbocycles. The minimum Gasteiger partial charge on any atom is -0.427 e. The van der Waals surface area contributed by atoms with E-state index in [9.17, 15) is 0 Å². The van der Waals surface area contributed by atoms with Crippen LogP contribution in [-0.4, -0.2) is 48.6 Å². The molecule has 0 aromatic heterocycles. The summed E-state index contributed by atoms with van der Waals surface area (Å²) in [4.78, 5) is 0. The van der Waals surface area contributed by atoms with E-state index in [-0.39, 0.29) is 37.2 Å². The van der Waals surface area contributed by atoms with Gasteiger partial charge in [-0.05, 0) is 54.2 Å². The van der Waals surface area contributed by atoms with Crippen molar-refractivity contribution in [1.29, 1.82) is 0 Å². The Morgan fingerprint density at radius 1 is 0.875 bits per heavy atom. The zero-order valence-corrected chi connectivity index (χ0v) is 19.1. The second kappa shape index (κ2) is 28.8. The van der Waals surface area contributed by atoms with Crippen molar-refractivity contribution in [2.24, 2.45) is 0 Å². The molecule has 0 spiro atoms. The predicted molar refractivity (Wildman–Crippen MR) is 106 cm³/mol. The van der Waals surface area contributed by atoms with E-state index in [2.05, 4.69) is 29.8 Å². The van der Waals surface area contributed by atoms with E-state index >= 15 is 0 Å². The summed E-state index contributed by atoms with van der Waals surface area (Å²) in [6.07, 6.45) is 2.62. The normalized spacial score (nSPS) is 9.00. The number of rotatable bonds is 7. The third kappa shape index (κ3) is 56.8. The fourth-order valence-electron chi connectivity index (χ4n) is 0.763. The van der Waals surface area contributed by atoms with Crippen LogP contribution < -0.4 is 18.9 Å². The third-order valence-electron chi connectivity index (χ3n) is 1.50. The van der Waals surface area contributed by atoms with Crippen LogP contribution in [0, 0.1) is 6.92 Å². The van der Waals surface area contributed by atoms with Gasteiger partial charge in [0.2, 0.25) is 0 Å². The molecule has 0 rings (SSSR count). The van der Waals surface area contributed by atoms with Crippen molar-refractivity contribution in [3.05, 3.63) is 6.92 Å². The average molecular weight is 407 g/mol. The Balaban J connectivity index is -0.0000000910. The summed E-state index contributed by atoms with van der Waals surface area (Å²) in [5.74, 6) is 1.81. The summed E-state index contributed by atoms with van der Waals surface area (Å²) in [7, 11) is -1.71. The van der Waals surface area contributed by atoms with Crippen LogP contribution in [0.1, 0.15) is 61.3 Å². The van der Waals surface area contributed by atoms with Gasteiger partial charge >= 0.3 is 33.3 Å². The topological polar surface area (TPSA) is 68.2 Å². The van der Waals surface area contributed by atoms with E-state index in [1.165, 1.54) is 13.2 Å². The SMILES string of the molecule is CB(O)O.CBr.CC(C)OB(OC(C)C)OC(C)C.[CH2-]CCC.[Li+]. The monoisotopic (exact) mass is 406 g/mol. The molecule has 0 amide bonds. The third-order valence-corrected chi connectivity index (χ3v) is 1.50. The Labute approximate surface area is 172 Å². The predicted octanol–water partition coefficient (Wildman–Crippen LogP) is 0.971. The van der Waals surface area contributed by atoms with Crippen LogP contribution in [0.25, 0.3) is 0 Å². The molecule has 0 fully saturated rings. The van der Waals surface area contributed by atoms with Gasteiger partial charge in [0, 0.05) is 18.3 Å². The van der Waals surface area contributed by atoms with Crippen LogP contribution in [0.3, 0.4) is 0 Å². The van der Waals surface area contributed by atoms with Crippen LogP contribution in [-0.2, 0) is 14.0 Å². The van der Waals surface area contributed by atoms with Gasteiger partial charge in [-0.1, -0.05) is 29.3 Å². The van der Waals surface area contributed by atoms with Crippen molar-refractivity contribution in [3.63, 3.8) is 0 Å². The maximum Gasteiger partial charge on any atom is 1.00 e. The number of halogens is 1. The molecule has 0 saturated carbocycles. The maximum atomic E-state index is 7.61. The molecule has 0 aromatic rings. The molecule has 0 heterocycles. The van der Waals surface area contributed by atoms with E-state index in [0.29, 0.717) is 0 Å². The number of alkyl halides is 1. The molecule has 0 saturated heterocycles. The summed E-state index contributed by atoms with van der Waals surface area (Å²) in [6.45, 7) is 18.8. The minimum absolute atomic E-state index is 0. The Kier molecular flexibility index (Phi) is 43.2. The molecule has 0 unspecified atom stereocenters. The number of unbranched alkanes of at least 4 members (excludes halogenated alkanes) is 1. The van der Waals surface area contributed by atoms with Gasteiger partial charge < -0.3 is 30.9 Å². The largest absolute Gasteiger partial charge is 1.00 e. The van der Waals surface area contributed by atoms with Gasteiger partial charge in [-0.25, -0.2) is 0 Å². The van der Waals surface area contributed by atoms with E-state index in [0.717, 1.165) is 6.42 Å². The Hall–Kier alpha value is 1.01. The summed E-state index contributed by atoms with van der Waals surface area (Å²) in [5.41, 5.74) is 0. The van der Waals surface area contributed by atoms with Crippen molar-refractivity contribution in [1.82, 2.24) is 0 Å². The summed E-state index contributed by atoms with van der Waals surface area (Å²) in [6, 6.07) is 0. The smallest absolute Gasteiger partial charge is 0.427 e. The standard InChI is InChI=1S/C9H21BO3.C4H9.CH5BO2.CH3Br.Li/c1-7(2)11-10(12-8(3)4)13-9(5)6;1-3-4-2;1-2(3)4;1-2;/h7-9H,1-6H3;1,3-4H2,2H3;3-4H,1H3;1H3;/q;-1;;;+1. The van der Waals surface area contributed by atoms with Gasteiger partial charge in [-0.15, -0.1) is 0 Å². The molecule has 0 aliphatic rings. The van der Waals surface area contributed by atoms with Crippen LogP contribution in [0.15, 0.2) is 0 Å². The van der Waals surface area contributed by atoms with Gasteiger partial charge in [0.05, 0.1) is 0 Å². The second-order valence-corrected chi connectivity index (χ2v) is 5.33. The molecular formula is C15H38B2BrLiO5. The van der Waals surface area contributed by atoms with E-state index < -0.39 is 14.4 Å². The molecular weight excluding hydrogens is 369 g/mol. The minimum atomic E-state index is -1.17. The molecule has 142 valence electrons. The number of hydrogen-bond donors (Lipinski definition) is 2. The van der Waals surface area contributed by atoms with Gasteiger partial charge in [0.25, 0.3) is 0 Å². The molecule has 0 aliphatic heterocycles. The fraction of sp³-hybridized carbons (Fsp3) is 0.933. The zero-order chi connectivity index (χ0) is 19.4. The number of hydrogen-bond acceptors (Lipinski definition) is 5. The molecule has 9 heteroatoms. The van der Waals surface area contributed by atoms with Gasteiger partial charge in [0.1, 0.15) is 0 Å². The van der Waals surface area contributed by atoms with Gasteiger partial charge in [-0.3, -0.25) is 0 Å². The van der Waals surface area contributed by atoms with Crippen molar-refractivity contribution < 1.29 is 42.9 Å². The van der Waals surface area contributed by atoms with Crippen molar-refractivity contribution in [2.45, 2.75) is 86.4 Å². The molecule has 24 heavy (non-hydrogen) atoms. The first-order chi connectivity index (χ1) is 10.6. The fourth-order valence-corrected chi connectivity index (χ4v) is 0.763. The average Bonchev–Trinajstić information content (AvgIpc) is 2.38. The first-order valence-corrected chi connectivity index (χ1v) is 9.64. The Morgan fingerprint density at radius 2 is 1.04 bits per heavy atom. The molecule has 5 nitrogen and oxygen atoms in total. The Morgan fingerprint density at radius 3 is 1.12 bits per heavy atom. The Bertz CT molecular complexity index is 174. The second-order valence-electron chi connectivity index (χ2n) is 5.33. The van der Waals surface area contributed by atoms with Gasteiger partial charge in [0.15, 0.2) is 0 Å². The van der Waals surface area contributed by atoms with Crippen molar-refractivity contribution in [2.75, 3.05) is 5.83 Å². The molecule has 0 bridgehead atoms. The molecule has 0 atom stereocenters. The quantitative estimate of drug-likeness (QED) is 0.374. The van der Waals surface area contributed by atoms with Crippen LogP contribution in [0.4, 0.5) is 0 Å². The van der Waals surface area contributed by atoms with Crippen LogP contribution in [0.5, 0.6) is 0 Å². The first kappa shape index (κ1) is 36.0. The summed E-state index contributed by atoms with van der Waals surface area (Å²) < 4.78 is 16.3. The maximum absolute atomic E-state index is 7.61. The first-order valence-electron chi connectivity index (χ1n) is 8.06. The van der Waals surface area contributed by atoms with Crippen LogP contribution in [0.2, 0.25) is 6.82 Å². The molecule has 0 aliphatic carbocycles. The van der Waals surface area contributed by atoms with Crippen LogP contribution >= 0.6 is 15.9 Å². The van der Waals surface area contributed by atoms with E-state index in [1.54, 1.807) is 0 Å². The van der Waals surface area contributed by atoms with Crippen molar-refractivity contribution >= 4 is 30.4 Å². The van der Waals surface area contributed by atoms with Crippen molar-refractivity contribution in [3.8, 4) is 0 Å². The molecule has 2 N–H and O–H groups in total. The summed E-state index contributed by atoms with van der Waals surface area (Å²) >= 11 is 2.94. The summed E-state index contributed by atoms with van der Waals surface area (Å²) in [5, 5.41) is 15.2.